The Morgan fingerprint density at radius 1 is 0.875 bits per heavy atom. The summed E-state index contributed by atoms with van der Waals surface area (Å²) in [7, 11) is 0. The van der Waals surface area contributed by atoms with Crippen LogP contribution in [0.2, 0.25) is 0 Å². The molecule has 1 aliphatic rings. The van der Waals surface area contributed by atoms with Crippen molar-refractivity contribution in [2.75, 3.05) is 13.2 Å². The molecule has 3 unspecified atom stereocenters. The summed E-state index contributed by atoms with van der Waals surface area (Å²) in [6.07, 6.45) is -0.619. The number of carboxylic acid groups (broad SMARTS) is 1. The van der Waals surface area contributed by atoms with Crippen LogP contribution in [-0.4, -0.2) is 48.4 Å². The summed E-state index contributed by atoms with van der Waals surface area (Å²) in [4.78, 5) is 36.7. The molecule has 1 aliphatic carbocycles. The van der Waals surface area contributed by atoms with Gasteiger partial charge >= 0.3 is 12.1 Å². The third-order valence-corrected chi connectivity index (χ3v) is 7.21. The molecule has 0 spiro atoms. The van der Waals surface area contributed by atoms with E-state index in [9.17, 15) is 19.5 Å². The van der Waals surface area contributed by atoms with Crippen molar-refractivity contribution in [2.45, 2.75) is 51.4 Å². The van der Waals surface area contributed by atoms with Crippen LogP contribution in [0.3, 0.4) is 0 Å². The minimum atomic E-state index is -1.16. The number of nitrogens with one attached hydrogen (secondary N) is 2. The fourth-order valence-electron chi connectivity index (χ4n) is 4.91. The Bertz CT molecular complexity index is 1270. The van der Waals surface area contributed by atoms with Crippen molar-refractivity contribution in [3.05, 3.63) is 95.6 Å². The van der Waals surface area contributed by atoms with E-state index in [0.717, 1.165) is 16.7 Å². The molecule has 40 heavy (non-hydrogen) atoms. The number of carbonyl (C=O) groups excluding carboxylic acids is 2. The average molecular weight is 545 g/mol. The van der Waals surface area contributed by atoms with E-state index in [2.05, 4.69) is 34.9 Å². The van der Waals surface area contributed by atoms with Crippen LogP contribution in [0.1, 0.15) is 49.3 Å². The highest BCUT2D eigenvalue weighted by atomic mass is 16.5. The third kappa shape index (κ3) is 7.48. The number of rotatable bonds is 13. The Morgan fingerprint density at radius 3 is 2.10 bits per heavy atom. The Kier molecular flexibility index (Phi) is 9.91. The van der Waals surface area contributed by atoms with Crippen LogP contribution in [0.15, 0.2) is 78.9 Å². The van der Waals surface area contributed by atoms with E-state index in [-0.39, 0.29) is 37.4 Å². The van der Waals surface area contributed by atoms with Crippen LogP contribution >= 0.6 is 0 Å². The van der Waals surface area contributed by atoms with Crippen molar-refractivity contribution in [1.29, 1.82) is 0 Å². The standard InChI is InChI=1S/C32H36N2O6/c1-21(16-17-29(35)34-30(31(36)37)22(2)39-19-23-10-4-3-5-11-23)18-33-32(38)40-20-28-26-14-8-6-12-24(26)25-13-7-9-15-27(25)28/h3-15,21-22,28,30H,16-20H2,1-2H3,(H,33,38)(H,34,35)(H,36,37). The summed E-state index contributed by atoms with van der Waals surface area (Å²) in [6.45, 7) is 4.36. The van der Waals surface area contributed by atoms with Crippen LogP contribution in [0.4, 0.5) is 4.79 Å². The molecule has 3 aromatic rings. The van der Waals surface area contributed by atoms with Gasteiger partial charge < -0.3 is 25.2 Å². The highest BCUT2D eigenvalue weighted by molar-refractivity contribution is 5.84. The molecular formula is C32H36N2O6. The zero-order valence-electron chi connectivity index (χ0n) is 22.8. The van der Waals surface area contributed by atoms with Gasteiger partial charge in [-0.15, -0.1) is 0 Å². The molecule has 8 nitrogen and oxygen atoms in total. The van der Waals surface area contributed by atoms with E-state index < -0.39 is 24.2 Å². The molecular weight excluding hydrogens is 508 g/mol. The van der Waals surface area contributed by atoms with E-state index in [1.165, 1.54) is 11.1 Å². The second-order valence-corrected chi connectivity index (χ2v) is 10.2. The maximum Gasteiger partial charge on any atom is 0.407 e. The molecule has 0 saturated carbocycles. The Balaban J connectivity index is 1.17. The van der Waals surface area contributed by atoms with E-state index in [1.54, 1.807) is 6.92 Å². The van der Waals surface area contributed by atoms with Gasteiger partial charge in [-0.25, -0.2) is 9.59 Å². The predicted molar refractivity (Wildman–Crippen MR) is 152 cm³/mol. The fraction of sp³-hybridized carbons (Fsp3) is 0.344. The largest absolute Gasteiger partial charge is 0.480 e. The molecule has 210 valence electrons. The quantitative estimate of drug-likeness (QED) is 0.275. The highest BCUT2D eigenvalue weighted by Gasteiger charge is 2.29. The predicted octanol–water partition coefficient (Wildman–Crippen LogP) is 5.12. The molecule has 0 saturated heterocycles. The van der Waals surface area contributed by atoms with E-state index in [1.807, 2.05) is 61.5 Å². The van der Waals surface area contributed by atoms with Gasteiger partial charge in [0.1, 0.15) is 6.61 Å². The molecule has 3 atom stereocenters. The fourth-order valence-corrected chi connectivity index (χ4v) is 4.91. The van der Waals surface area contributed by atoms with Crippen molar-refractivity contribution in [1.82, 2.24) is 10.6 Å². The SMILES string of the molecule is CC(CCC(=O)NC(C(=O)O)C(C)OCc1ccccc1)CNC(=O)OCC1c2ccccc2-c2ccccc21. The number of aliphatic carboxylic acids is 1. The number of ether oxygens (including phenoxy) is 2. The van der Waals surface area contributed by atoms with Gasteiger partial charge in [-0.3, -0.25) is 4.79 Å². The van der Waals surface area contributed by atoms with Gasteiger partial charge in [-0.1, -0.05) is 85.8 Å². The van der Waals surface area contributed by atoms with Crippen molar-refractivity contribution in [3.63, 3.8) is 0 Å². The van der Waals surface area contributed by atoms with Gasteiger partial charge in [-0.2, -0.15) is 0 Å². The average Bonchev–Trinajstić information content (AvgIpc) is 3.29. The van der Waals surface area contributed by atoms with Crippen LogP contribution in [0, 0.1) is 5.92 Å². The zero-order chi connectivity index (χ0) is 28.5. The minimum absolute atomic E-state index is 0.0127. The lowest BCUT2D eigenvalue weighted by Gasteiger charge is -2.22. The highest BCUT2D eigenvalue weighted by Crippen LogP contribution is 2.44. The Labute approximate surface area is 234 Å². The van der Waals surface area contributed by atoms with Crippen LogP contribution in [-0.2, 0) is 25.7 Å². The molecule has 0 bridgehead atoms. The molecule has 4 rings (SSSR count). The lowest BCUT2D eigenvalue weighted by molar-refractivity contribution is -0.146. The number of hydrogen-bond acceptors (Lipinski definition) is 5. The van der Waals surface area contributed by atoms with Crippen molar-refractivity contribution in [3.8, 4) is 11.1 Å². The summed E-state index contributed by atoms with van der Waals surface area (Å²) in [5, 5.41) is 14.9. The van der Waals surface area contributed by atoms with Crippen LogP contribution in [0.5, 0.6) is 0 Å². The van der Waals surface area contributed by atoms with Crippen molar-refractivity contribution < 1.29 is 29.0 Å². The monoisotopic (exact) mass is 544 g/mol. The third-order valence-electron chi connectivity index (χ3n) is 7.21. The van der Waals surface area contributed by atoms with E-state index in [0.29, 0.717) is 13.0 Å². The van der Waals surface area contributed by atoms with E-state index >= 15 is 0 Å². The first kappa shape index (κ1) is 28.8. The normalized spacial score (nSPS) is 14.3. The first-order chi connectivity index (χ1) is 19.3. The molecule has 0 heterocycles. The topological polar surface area (TPSA) is 114 Å². The zero-order valence-corrected chi connectivity index (χ0v) is 22.8. The molecule has 0 aliphatic heterocycles. The number of amides is 2. The molecule has 0 radical (unpaired) electrons. The van der Waals surface area contributed by atoms with Crippen molar-refractivity contribution in [2.24, 2.45) is 5.92 Å². The summed E-state index contributed by atoms with van der Waals surface area (Å²) < 4.78 is 11.3. The summed E-state index contributed by atoms with van der Waals surface area (Å²) in [5.41, 5.74) is 5.55. The van der Waals surface area contributed by atoms with Gasteiger partial charge in [-0.05, 0) is 47.1 Å². The summed E-state index contributed by atoms with van der Waals surface area (Å²) >= 11 is 0. The number of hydrogen-bond donors (Lipinski definition) is 3. The molecule has 8 heteroatoms. The molecule has 3 N–H and O–H groups in total. The maximum atomic E-state index is 12.5. The second-order valence-electron chi connectivity index (χ2n) is 10.2. The Morgan fingerprint density at radius 2 is 1.48 bits per heavy atom. The smallest absolute Gasteiger partial charge is 0.407 e. The van der Waals surface area contributed by atoms with Gasteiger partial charge in [0.2, 0.25) is 5.91 Å². The molecule has 0 fully saturated rings. The lowest BCUT2D eigenvalue weighted by Crippen LogP contribution is -2.48. The first-order valence-corrected chi connectivity index (χ1v) is 13.6. The van der Waals surface area contributed by atoms with Crippen LogP contribution in [0.25, 0.3) is 11.1 Å². The first-order valence-electron chi connectivity index (χ1n) is 13.6. The molecule has 3 aromatic carbocycles. The van der Waals surface area contributed by atoms with Gasteiger partial charge in [0.15, 0.2) is 6.04 Å². The van der Waals surface area contributed by atoms with Gasteiger partial charge in [0.25, 0.3) is 0 Å². The Hall–Kier alpha value is -4.17. The van der Waals surface area contributed by atoms with Crippen LogP contribution < -0.4 is 10.6 Å². The number of fused-ring (bicyclic) bond motifs is 3. The minimum Gasteiger partial charge on any atom is -0.480 e. The number of carbonyl (C=O) groups is 3. The number of carboxylic acids is 1. The van der Waals surface area contributed by atoms with Gasteiger partial charge in [0, 0.05) is 18.9 Å². The number of alkyl carbamates (subject to hydrolysis) is 1. The molecule has 0 aromatic heterocycles. The van der Waals surface area contributed by atoms with Crippen molar-refractivity contribution >= 4 is 18.0 Å². The van der Waals surface area contributed by atoms with E-state index in [4.69, 9.17) is 9.47 Å². The molecule has 2 amide bonds. The lowest BCUT2D eigenvalue weighted by atomic mass is 9.98. The number of benzene rings is 3. The maximum absolute atomic E-state index is 12.5. The van der Waals surface area contributed by atoms with Gasteiger partial charge in [0.05, 0.1) is 12.7 Å². The second kappa shape index (κ2) is 13.8. The summed E-state index contributed by atoms with van der Waals surface area (Å²) in [5.74, 6) is -1.56. The summed E-state index contributed by atoms with van der Waals surface area (Å²) in [6, 6.07) is 24.6.